The minimum absolute atomic E-state index is 0.0954. The van der Waals surface area contributed by atoms with Crippen molar-refractivity contribution in [1.29, 1.82) is 0 Å². The first-order chi connectivity index (χ1) is 13.6. The second kappa shape index (κ2) is 7.31. The fourth-order valence-corrected chi connectivity index (χ4v) is 3.87. The molecule has 1 aromatic rings. The van der Waals surface area contributed by atoms with E-state index in [0.717, 1.165) is 4.90 Å². The molecule has 0 radical (unpaired) electrons. The van der Waals surface area contributed by atoms with Crippen molar-refractivity contribution in [2.75, 3.05) is 19.1 Å². The van der Waals surface area contributed by atoms with Crippen LogP contribution in [0.2, 0.25) is 0 Å². The summed E-state index contributed by atoms with van der Waals surface area (Å²) in [6.45, 7) is 4.91. The molecule has 2 atom stereocenters. The lowest BCUT2D eigenvalue weighted by atomic mass is 9.92. The van der Waals surface area contributed by atoms with E-state index >= 15 is 0 Å². The van der Waals surface area contributed by atoms with Crippen LogP contribution in [0.1, 0.15) is 27.2 Å². The number of rotatable bonds is 6. The second-order valence-electron chi connectivity index (χ2n) is 7.65. The molecule has 0 unspecified atom stereocenters. The number of esters is 1. The summed E-state index contributed by atoms with van der Waals surface area (Å²) in [6, 6.07) is 5.44. The van der Waals surface area contributed by atoms with Crippen LogP contribution in [0, 0.1) is 5.92 Å². The van der Waals surface area contributed by atoms with Crippen molar-refractivity contribution >= 4 is 35.0 Å². The van der Waals surface area contributed by atoms with E-state index in [0.29, 0.717) is 11.4 Å². The summed E-state index contributed by atoms with van der Waals surface area (Å²) in [5, 5.41) is 5.66. The van der Waals surface area contributed by atoms with Gasteiger partial charge in [0.2, 0.25) is 5.91 Å². The van der Waals surface area contributed by atoms with Crippen molar-refractivity contribution in [1.82, 2.24) is 5.01 Å². The average Bonchev–Trinajstić information content (AvgIpc) is 3.18. The SMILES string of the molecule is COC(=O)C1=NN(C(C)(C)CC(C)=O)[C@H]2C(=O)N(c3ccc(OC)cc3)C(=O)[C@H]12. The highest BCUT2D eigenvalue weighted by molar-refractivity contribution is 6.46. The van der Waals surface area contributed by atoms with E-state index in [4.69, 9.17) is 9.47 Å². The fourth-order valence-electron chi connectivity index (χ4n) is 3.87. The predicted molar refractivity (Wildman–Crippen MR) is 103 cm³/mol. The largest absolute Gasteiger partial charge is 0.497 e. The highest BCUT2D eigenvalue weighted by Gasteiger charge is 2.60. The summed E-state index contributed by atoms with van der Waals surface area (Å²) < 4.78 is 9.89. The Bertz CT molecular complexity index is 905. The summed E-state index contributed by atoms with van der Waals surface area (Å²) in [7, 11) is 2.70. The first-order valence-corrected chi connectivity index (χ1v) is 9.10. The Balaban J connectivity index is 2.05. The fraction of sp³-hybridized carbons (Fsp3) is 0.450. The first kappa shape index (κ1) is 20.5. The van der Waals surface area contributed by atoms with Crippen LogP contribution in [-0.2, 0) is 23.9 Å². The number of ether oxygens (including phenoxy) is 2. The molecule has 9 heteroatoms. The van der Waals surface area contributed by atoms with Gasteiger partial charge in [-0.2, -0.15) is 5.10 Å². The first-order valence-electron chi connectivity index (χ1n) is 9.10. The summed E-state index contributed by atoms with van der Waals surface area (Å²) in [6.07, 6.45) is 0.0954. The molecule has 1 fully saturated rings. The zero-order chi connectivity index (χ0) is 21.5. The third kappa shape index (κ3) is 3.37. The zero-order valence-electron chi connectivity index (χ0n) is 17.0. The minimum Gasteiger partial charge on any atom is -0.497 e. The Kier molecular flexibility index (Phi) is 5.16. The van der Waals surface area contributed by atoms with Gasteiger partial charge in [-0.05, 0) is 45.0 Å². The number of fused-ring (bicyclic) bond motifs is 1. The maximum Gasteiger partial charge on any atom is 0.355 e. The number of imide groups is 1. The summed E-state index contributed by atoms with van der Waals surface area (Å²) in [5.74, 6) is -2.46. The Hall–Kier alpha value is -3.23. The number of amides is 2. The Morgan fingerprint density at radius 1 is 1.10 bits per heavy atom. The van der Waals surface area contributed by atoms with Gasteiger partial charge in [0.25, 0.3) is 5.91 Å². The number of hydrazone groups is 1. The number of nitrogens with zero attached hydrogens (tertiary/aromatic N) is 3. The van der Waals surface area contributed by atoms with E-state index in [2.05, 4.69) is 5.10 Å². The lowest BCUT2D eigenvalue weighted by Crippen LogP contribution is -2.50. The van der Waals surface area contributed by atoms with Gasteiger partial charge in [0.15, 0.2) is 5.71 Å². The third-order valence-electron chi connectivity index (χ3n) is 5.08. The molecule has 1 aromatic carbocycles. The van der Waals surface area contributed by atoms with Crippen molar-refractivity contribution in [3.8, 4) is 5.75 Å². The van der Waals surface area contributed by atoms with Crippen molar-refractivity contribution in [2.24, 2.45) is 11.0 Å². The van der Waals surface area contributed by atoms with Gasteiger partial charge in [0, 0.05) is 6.42 Å². The molecular weight excluding hydrogens is 378 g/mol. The second-order valence-corrected chi connectivity index (χ2v) is 7.65. The molecular formula is C20H23N3O6. The van der Waals surface area contributed by atoms with Gasteiger partial charge in [-0.3, -0.25) is 19.4 Å². The molecule has 3 rings (SSSR count). The Morgan fingerprint density at radius 3 is 2.24 bits per heavy atom. The van der Waals surface area contributed by atoms with Crippen LogP contribution in [0.3, 0.4) is 0 Å². The lowest BCUT2D eigenvalue weighted by molar-refractivity contribution is -0.133. The smallest absolute Gasteiger partial charge is 0.355 e. The third-order valence-corrected chi connectivity index (χ3v) is 5.08. The predicted octanol–water partition coefficient (Wildman–Crippen LogP) is 1.16. The van der Waals surface area contributed by atoms with Crippen LogP contribution in [0.25, 0.3) is 0 Å². The van der Waals surface area contributed by atoms with E-state index < -0.39 is 35.3 Å². The van der Waals surface area contributed by atoms with Crippen molar-refractivity contribution in [3.05, 3.63) is 24.3 Å². The van der Waals surface area contributed by atoms with Gasteiger partial charge in [0.05, 0.1) is 25.4 Å². The maximum atomic E-state index is 13.3. The molecule has 0 aliphatic carbocycles. The lowest BCUT2D eigenvalue weighted by Gasteiger charge is -2.36. The molecule has 0 N–H and O–H groups in total. The van der Waals surface area contributed by atoms with Crippen LogP contribution >= 0.6 is 0 Å². The highest BCUT2D eigenvalue weighted by atomic mass is 16.5. The number of carbonyl (C=O) groups excluding carboxylic acids is 4. The molecule has 2 aliphatic heterocycles. The average molecular weight is 401 g/mol. The molecule has 154 valence electrons. The molecule has 2 aliphatic rings. The van der Waals surface area contributed by atoms with E-state index in [1.165, 1.54) is 26.2 Å². The number of hydrogen-bond acceptors (Lipinski definition) is 8. The number of carbonyl (C=O) groups is 4. The monoisotopic (exact) mass is 401 g/mol. The molecule has 0 spiro atoms. The van der Waals surface area contributed by atoms with Gasteiger partial charge in [0.1, 0.15) is 23.5 Å². The van der Waals surface area contributed by atoms with E-state index in [1.807, 2.05) is 0 Å². The quantitative estimate of drug-likeness (QED) is 0.520. The summed E-state index contributed by atoms with van der Waals surface area (Å²) in [5.41, 5.74) is -0.650. The standard InChI is InChI=1S/C20H23N3O6/c1-11(24)10-20(2,3)23-16-14(15(21-23)19(27)29-5)17(25)22(18(16)26)12-6-8-13(28-4)9-7-12/h6-9,14,16H,10H2,1-5H3/t14-,16-/m1/s1. The van der Waals surface area contributed by atoms with Crippen LogP contribution in [0.15, 0.2) is 29.4 Å². The molecule has 0 bridgehead atoms. The van der Waals surface area contributed by atoms with E-state index in [-0.39, 0.29) is 17.9 Å². The normalized spacial score (nSPS) is 21.2. The van der Waals surface area contributed by atoms with Crippen LogP contribution in [0.5, 0.6) is 5.75 Å². The van der Waals surface area contributed by atoms with Crippen LogP contribution < -0.4 is 9.64 Å². The molecule has 0 saturated carbocycles. The molecule has 9 nitrogen and oxygen atoms in total. The van der Waals surface area contributed by atoms with Gasteiger partial charge in [-0.15, -0.1) is 0 Å². The maximum absolute atomic E-state index is 13.3. The van der Waals surface area contributed by atoms with Crippen molar-refractivity contribution < 1.29 is 28.7 Å². The number of benzene rings is 1. The number of ketones is 1. The number of anilines is 1. The molecule has 29 heavy (non-hydrogen) atoms. The summed E-state index contributed by atoms with van der Waals surface area (Å²) >= 11 is 0. The van der Waals surface area contributed by atoms with Crippen LogP contribution in [-0.4, -0.2) is 60.1 Å². The van der Waals surface area contributed by atoms with Crippen molar-refractivity contribution in [3.63, 3.8) is 0 Å². The number of hydrogen-bond donors (Lipinski definition) is 0. The Labute approximate surface area is 168 Å². The summed E-state index contributed by atoms with van der Waals surface area (Å²) in [4.78, 5) is 51.5. The molecule has 1 saturated heterocycles. The van der Waals surface area contributed by atoms with Gasteiger partial charge < -0.3 is 9.47 Å². The molecule has 2 heterocycles. The topological polar surface area (TPSA) is 106 Å². The minimum atomic E-state index is -1.09. The molecule has 2 amide bonds. The number of methoxy groups -OCH3 is 2. The Morgan fingerprint density at radius 2 is 1.72 bits per heavy atom. The van der Waals surface area contributed by atoms with Gasteiger partial charge >= 0.3 is 5.97 Å². The van der Waals surface area contributed by atoms with Crippen LogP contribution in [0.4, 0.5) is 5.69 Å². The molecule has 0 aromatic heterocycles. The van der Waals surface area contributed by atoms with Crippen molar-refractivity contribution in [2.45, 2.75) is 38.8 Å². The highest BCUT2D eigenvalue weighted by Crippen LogP contribution is 2.40. The zero-order valence-corrected chi connectivity index (χ0v) is 17.0. The number of Topliss-reactive ketones (excluding diaryl/α,β-unsaturated/α-hetero) is 1. The van der Waals surface area contributed by atoms with E-state index in [1.54, 1.807) is 38.1 Å². The van der Waals surface area contributed by atoms with Gasteiger partial charge in [-0.25, -0.2) is 9.69 Å². The van der Waals surface area contributed by atoms with Gasteiger partial charge in [-0.1, -0.05) is 0 Å². The van der Waals surface area contributed by atoms with E-state index in [9.17, 15) is 19.2 Å².